The van der Waals surface area contributed by atoms with Crippen molar-refractivity contribution in [2.75, 3.05) is 13.1 Å². The standard InChI is InChI=1S/C25H32FN3O2/c1-4-11-21(30)17-28(16-5-2)18-22-19(3)27-29(20-12-7-6-8-13-20)25(22)31-24-15-10-9-14-23(24)26/h6-10,12-15,21,30H,4-5,11,16-18H2,1-3H3/t21-/m1/s1. The van der Waals surface area contributed by atoms with Crippen molar-refractivity contribution in [1.29, 1.82) is 0 Å². The van der Waals surface area contributed by atoms with E-state index in [1.807, 2.05) is 37.3 Å². The summed E-state index contributed by atoms with van der Waals surface area (Å²) in [5.41, 5.74) is 2.56. The van der Waals surface area contributed by atoms with Crippen molar-refractivity contribution in [1.82, 2.24) is 14.7 Å². The molecule has 0 bridgehead atoms. The van der Waals surface area contributed by atoms with Gasteiger partial charge in [-0.15, -0.1) is 0 Å². The normalized spacial score (nSPS) is 12.3. The highest BCUT2D eigenvalue weighted by Gasteiger charge is 2.23. The molecule has 0 fully saturated rings. The van der Waals surface area contributed by atoms with Gasteiger partial charge in [-0.05, 0) is 50.6 Å². The smallest absolute Gasteiger partial charge is 0.227 e. The lowest BCUT2D eigenvalue weighted by Crippen LogP contribution is -2.33. The number of aromatic nitrogens is 2. The summed E-state index contributed by atoms with van der Waals surface area (Å²) in [6.07, 6.45) is 2.29. The topological polar surface area (TPSA) is 50.5 Å². The van der Waals surface area contributed by atoms with Crippen LogP contribution in [0, 0.1) is 12.7 Å². The van der Waals surface area contributed by atoms with E-state index >= 15 is 0 Å². The van der Waals surface area contributed by atoms with Gasteiger partial charge in [0.2, 0.25) is 5.88 Å². The number of halogens is 1. The molecular weight excluding hydrogens is 393 g/mol. The second-order valence-corrected chi connectivity index (χ2v) is 7.83. The average Bonchev–Trinajstić information content (AvgIpc) is 3.06. The van der Waals surface area contributed by atoms with E-state index in [0.29, 0.717) is 19.0 Å². The number of rotatable bonds is 11. The van der Waals surface area contributed by atoms with Crippen LogP contribution in [0.3, 0.4) is 0 Å². The van der Waals surface area contributed by atoms with Crippen molar-refractivity contribution < 1.29 is 14.2 Å². The van der Waals surface area contributed by atoms with Crippen LogP contribution in [0.1, 0.15) is 44.4 Å². The lowest BCUT2D eigenvalue weighted by atomic mass is 10.1. The van der Waals surface area contributed by atoms with E-state index in [0.717, 1.165) is 42.8 Å². The minimum atomic E-state index is -0.421. The molecule has 1 N–H and O–H groups in total. The van der Waals surface area contributed by atoms with Crippen molar-refractivity contribution in [3.63, 3.8) is 0 Å². The van der Waals surface area contributed by atoms with Gasteiger partial charge >= 0.3 is 0 Å². The molecule has 0 radical (unpaired) electrons. The molecule has 0 aliphatic rings. The monoisotopic (exact) mass is 425 g/mol. The van der Waals surface area contributed by atoms with Crippen LogP contribution in [0.2, 0.25) is 0 Å². The third-order valence-electron chi connectivity index (χ3n) is 5.19. The van der Waals surface area contributed by atoms with E-state index in [2.05, 4.69) is 18.7 Å². The average molecular weight is 426 g/mol. The Balaban J connectivity index is 2.00. The number of nitrogens with zero attached hydrogens (tertiary/aromatic N) is 3. The van der Waals surface area contributed by atoms with Crippen LogP contribution in [0.4, 0.5) is 4.39 Å². The van der Waals surface area contributed by atoms with Crippen LogP contribution in [0.5, 0.6) is 11.6 Å². The lowest BCUT2D eigenvalue weighted by molar-refractivity contribution is 0.100. The number of hydrogen-bond acceptors (Lipinski definition) is 4. The first kappa shape index (κ1) is 23.0. The molecule has 31 heavy (non-hydrogen) atoms. The van der Waals surface area contributed by atoms with Crippen LogP contribution in [-0.2, 0) is 6.54 Å². The van der Waals surface area contributed by atoms with E-state index in [4.69, 9.17) is 9.84 Å². The van der Waals surface area contributed by atoms with Gasteiger partial charge in [-0.2, -0.15) is 5.10 Å². The summed E-state index contributed by atoms with van der Waals surface area (Å²) in [6, 6.07) is 16.1. The lowest BCUT2D eigenvalue weighted by Gasteiger charge is -2.25. The van der Waals surface area contributed by atoms with Gasteiger partial charge < -0.3 is 9.84 Å². The molecule has 0 aliphatic heterocycles. The minimum absolute atomic E-state index is 0.161. The largest absolute Gasteiger partial charge is 0.435 e. The zero-order valence-corrected chi connectivity index (χ0v) is 18.6. The number of ether oxygens (including phenoxy) is 1. The second-order valence-electron chi connectivity index (χ2n) is 7.83. The van der Waals surface area contributed by atoms with E-state index in [9.17, 15) is 9.50 Å². The summed E-state index contributed by atoms with van der Waals surface area (Å²) < 4.78 is 22.2. The number of aliphatic hydroxyl groups excluding tert-OH is 1. The molecular formula is C25H32FN3O2. The van der Waals surface area contributed by atoms with Gasteiger partial charge in [-0.3, -0.25) is 4.90 Å². The number of benzene rings is 2. The maximum atomic E-state index is 14.4. The Morgan fingerprint density at radius 3 is 2.45 bits per heavy atom. The molecule has 0 aliphatic carbocycles. The molecule has 3 rings (SSSR count). The van der Waals surface area contributed by atoms with Crippen LogP contribution in [0.15, 0.2) is 54.6 Å². The fourth-order valence-electron chi connectivity index (χ4n) is 3.70. The Hall–Kier alpha value is -2.70. The van der Waals surface area contributed by atoms with Crippen molar-refractivity contribution >= 4 is 0 Å². The van der Waals surface area contributed by atoms with Gasteiger partial charge in [0.15, 0.2) is 11.6 Å². The van der Waals surface area contributed by atoms with E-state index in [1.54, 1.807) is 22.9 Å². The molecule has 6 heteroatoms. The molecule has 166 valence electrons. The Morgan fingerprint density at radius 1 is 1.06 bits per heavy atom. The number of aliphatic hydroxyl groups is 1. The van der Waals surface area contributed by atoms with Crippen molar-refractivity contribution in [3.05, 3.63) is 71.7 Å². The summed E-state index contributed by atoms with van der Waals surface area (Å²) in [5.74, 6) is 0.240. The molecule has 0 saturated heterocycles. The molecule has 1 aromatic heterocycles. The SMILES string of the molecule is CCC[C@@H](O)CN(CCC)Cc1c(C)nn(-c2ccccc2)c1Oc1ccccc1F. The molecule has 0 spiro atoms. The zero-order chi connectivity index (χ0) is 22.2. The molecule has 1 atom stereocenters. The van der Waals surface area contributed by atoms with Crippen molar-refractivity contribution in [2.24, 2.45) is 0 Å². The third-order valence-corrected chi connectivity index (χ3v) is 5.19. The second kappa shape index (κ2) is 11.1. The zero-order valence-electron chi connectivity index (χ0n) is 18.6. The minimum Gasteiger partial charge on any atom is -0.435 e. The Bertz CT molecular complexity index is 959. The molecule has 5 nitrogen and oxygen atoms in total. The summed E-state index contributed by atoms with van der Waals surface area (Å²) in [4.78, 5) is 2.22. The van der Waals surface area contributed by atoms with Crippen LogP contribution >= 0.6 is 0 Å². The molecule has 2 aromatic carbocycles. The number of para-hydroxylation sites is 2. The third kappa shape index (κ3) is 5.93. The van der Waals surface area contributed by atoms with Gasteiger partial charge in [-0.1, -0.05) is 50.6 Å². The van der Waals surface area contributed by atoms with Crippen LogP contribution < -0.4 is 4.74 Å². The van der Waals surface area contributed by atoms with E-state index in [-0.39, 0.29) is 11.9 Å². The van der Waals surface area contributed by atoms with E-state index in [1.165, 1.54) is 6.07 Å². The van der Waals surface area contributed by atoms with Crippen LogP contribution in [0.25, 0.3) is 5.69 Å². The molecule has 3 aromatic rings. The molecule has 0 unspecified atom stereocenters. The molecule has 0 saturated carbocycles. The summed E-state index contributed by atoms with van der Waals surface area (Å²) in [5, 5.41) is 15.1. The summed E-state index contributed by atoms with van der Waals surface area (Å²) in [6.45, 7) is 8.12. The fourth-order valence-corrected chi connectivity index (χ4v) is 3.70. The Labute approximate surface area is 184 Å². The predicted octanol–water partition coefficient (Wildman–Crippen LogP) is 5.49. The summed E-state index contributed by atoms with van der Waals surface area (Å²) in [7, 11) is 0. The predicted molar refractivity (Wildman–Crippen MR) is 121 cm³/mol. The van der Waals surface area contributed by atoms with Gasteiger partial charge in [0.25, 0.3) is 0 Å². The van der Waals surface area contributed by atoms with Gasteiger partial charge in [0.1, 0.15) is 0 Å². The van der Waals surface area contributed by atoms with Crippen molar-refractivity contribution in [3.8, 4) is 17.3 Å². The van der Waals surface area contributed by atoms with Gasteiger partial charge in [-0.25, -0.2) is 9.07 Å². The first-order chi connectivity index (χ1) is 15.0. The van der Waals surface area contributed by atoms with E-state index < -0.39 is 5.82 Å². The highest BCUT2D eigenvalue weighted by Crippen LogP contribution is 2.32. The van der Waals surface area contributed by atoms with Gasteiger partial charge in [0, 0.05) is 13.1 Å². The fraction of sp³-hybridized carbons (Fsp3) is 0.400. The highest BCUT2D eigenvalue weighted by atomic mass is 19.1. The Kier molecular flexibility index (Phi) is 8.20. The number of aryl methyl sites for hydroxylation is 1. The molecule has 1 heterocycles. The van der Waals surface area contributed by atoms with Gasteiger partial charge in [0.05, 0.1) is 23.0 Å². The highest BCUT2D eigenvalue weighted by molar-refractivity contribution is 5.43. The first-order valence-corrected chi connectivity index (χ1v) is 11.0. The summed E-state index contributed by atoms with van der Waals surface area (Å²) >= 11 is 0. The molecule has 0 amide bonds. The first-order valence-electron chi connectivity index (χ1n) is 11.0. The van der Waals surface area contributed by atoms with Crippen LogP contribution in [-0.4, -0.2) is 39.0 Å². The quantitative estimate of drug-likeness (QED) is 0.442. The number of hydrogen-bond donors (Lipinski definition) is 1. The maximum Gasteiger partial charge on any atom is 0.227 e. The maximum absolute atomic E-state index is 14.4. The van der Waals surface area contributed by atoms with Crippen molar-refractivity contribution in [2.45, 2.75) is 52.7 Å². The Morgan fingerprint density at radius 2 is 1.77 bits per heavy atom.